The molecule has 0 fully saturated rings. The number of hydrogen-bond acceptors (Lipinski definition) is 7. The van der Waals surface area contributed by atoms with Gasteiger partial charge in [-0.25, -0.2) is 4.79 Å². The third-order valence-corrected chi connectivity index (χ3v) is 4.72. The number of methoxy groups -OCH3 is 2. The number of hydrazone groups is 1. The molecule has 1 N–H and O–H groups in total. The molecule has 2 aromatic carbocycles. The second kappa shape index (κ2) is 10.5. The van der Waals surface area contributed by atoms with Crippen LogP contribution in [-0.2, 0) is 11.3 Å². The molecule has 3 rings (SSSR count). The molecule has 31 heavy (non-hydrogen) atoms. The molecular weight excluding hydrogens is 420 g/mol. The number of rotatable bonds is 9. The van der Waals surface area contributed by atoms with E-state index < -0.39 is 5.97 Å². The second-order valence-electron chi connectivity index (χ2n) is 6.40. The van der Waals surface area contributed by atoms with Gasteiger partial charge < -0.3 is 24.1 Å². The molecule has 8 heteroatoms. The fraction of sp³-hybridized carbons (Fsp3) is 0.217. The van der Waals surface area contributed by atoms with Crippen molar-refractivity contribution in [2.45, 2.75) is 13.5 Å². The molecule has 0 aliphatic carbocycles. The molecular formula is C23H23ClN2O5. The number of esters is 1. The van der Waals surface area contributed by atoms with Crippen LogP contribution in [0.25, 0.3) is 11.3 Å². The Bertz CT molecular complexity index is 1080. The van der Waals surface area contributed by atoms with Gasteiger partial charge in [0.15, 0.2) is 11.5 Å². The lowest BCUT2D eigenvalue weighted by Gasteiger charge is -2.09. The number of benzene rings is 2. The van der Waals surface area contributed by atoms with Gasteiger partial charge in [-0.2, -0.15) is 5.10 Å². The SMILES string of the molecule is CCOC(=O)c1cc(-c2ccc(/C=N\NCc3ccc(OC)c(OC)c3)o2)ccc1Cl. The van der Waals surface area contributed by atoms with Gasteiger partial charge in [0.05, 0.1) is 44.2 Å². The van der Waals surface area contributed by atoms with Crippen LogP contribution in [0, 0.1) is 0 Å². The highest BCUT2D eigenvalue weighted by atomic mass is 35.5. The van der Waals surface area contributed by atoms with Crippen molar-refractivity contribution in [3.05, 3.63) is 70.4 Å². The summed E-state index contributed by atoms with van der Waals surface area (Å²) in [4.78, 5) is 12.0. The van der Waals surface area contributed by atoms with Crippen molar-refractivity contribution in [2.24, 2.45) is 5.10 Å². The number of hydrogen-bond donors (Lipinski definition) is 1. The summed E-state index contributed by atoms with van der Waals surface area (Å²) in [6.07, 6.45) is 1.58. The van der Waals surface area contributed by atoms with Crippen molar-refractivity contribution in [3.8, 4) is 22.8 Å². The van der Waals surface area contributed by atoms with Crippen molar-refractivity contribution in [1.29, 1.82) is 0 Å². The molecule has 0 saturated carbocycles. The van der Waals surface area contributed by atoms with Gasteiger partial charge in [-0.15, -0.1) is 0 Å². The predicted molar refractivity (Wildman–Crippen MR) is 119 cm³/mol. The van der Waals surface area contributed by atoms with Crippen molar-refractivity contribution in [1.82, 2.24) is 5.43 Å². The lowest BCUT2D eigenvalue weighted by atomic mass is 10.1. The monoisotopic (exact) mass is 442 g/mol. The van der Waals surface area contributed by atoms with E-state index in [1.807, 2.05) is 18.2 Å². The molecule has 0 unspecified atom stereocenters. The zero-order valence-corrected chi connectivity index (χ0v) is 18.2. The molecule has 0 saturated heterocycles. The number of nitrogens with zero attached hydrogens (tertiary/aromatic N) is 1. The van der Waals surface area contributed by atoms with E-state index in [2.05, 4.69) is 10.5 Å². The molecule has 0 aliphatic rings. The first kappa shape index (κ1) is 22.2. The highest BCUT2D eigenvalue weighted by Crippen LogP contribution is 2.28. The first-order valence-corrected chi connectivity index (χ1v) is 9.97. The fourth-order valence-electron chi connectivity index (χ4n) is 2.86. The number of carbonyl (C=O) groups is 1. The summed E-state index contributed by atoms with van der Waals surface area (Å²) in [5.74, 6) is 2.01. The number of carbonyl (C=O) groups excluding carboxylic acids is 1. The Morgan fingerprint density at radius 3 is 2.65 bits per heavy atom. The zero-order valence-electron chi connectivity index (χ0n) is 17.5. The summed E-state index contributed by atoms with van der Waals surface area (Å²) in [6, 6.07) is 14.3. The van der Waals surface area contributed by atoms with E-state index in [-0.39, 0.29) is 6.61 Å². The topological polar surface area (TPSA) is 82.3 Å². The molecule has 1 aromatic heterocycles. The van der Waals surface area contributed by atoms with Gasteiger partial charge >= 0.3 is 5.97 Å². The maximum atomic E-state index is 12.0. The highest BCUT2D eigenvalue weighted by Gasteiger charge is 2.14. The quantitative estimate of drug-likeness (QED) is 0.288. The predicted octanol–water partition coefficient (Wildman–Crippen LogP) is 4.92. The molecule has 7 nitrogen and oxygen atoms in total. The Balaban J connectivity index is 1.64. The lowest BCUT2D eigenvalue weighted by Crippen LogP contribution is -2.05. The summed E-state index contributed by atoms with van der Waals surface area (Å²) < 4.78 is 21.4. The van der Waals surface area contributed by atoms with Gasteiger partial charge in [-0.1, -0.05) is 17.7 Å². The third kappa shape index (κ3) is 5.58. The highest BCUT2D eigenvalue weighted by molar-refractivity contribution is 6.33. The van der Waals surface area contributed by atoms with Crippen LogP contribution in [0.5, 0.6) is 11.5 Å². The summed E-state index contributed by atoms with van der Waals surface area (Å²) in [6.45, 7) is 2.52. The Hall–Kier alpha value is -3.45. The van der Waals surface area contributed by atoms with Gasteiger partial charge in [-0.05, 0) is 55.0 Å². The van der Waals surface area contributed by atoms with Gasteiger partial charge in [0.1, 0.15) is 11.5 Å². The number of ether oxygens (including phenoxy) is 3. The molecule has 0 aliphatic heterocycles. The van der Waals surface area contributed by atoms with Gasteiger partial charge in [0.25, 0.3) is 0 Å². The van der Waals surface area contributed by atoms with Crippen molar-refractivity contribution >= 4 is 23.8 Å². The molecule has 0 amide bonds. The average Bonchev–Trinajstić information content (AvgIpc) is 3.26. The molecule has 162 valence electrons. The number of nitrogens with one attached hydrogen (secondary N) is 1. The summed E-state index contributed by atoms with van der Waals surface area (Å²) in [5.41, 5.74) is 4.97. The largest absolute Gasteiger partial charge is 0.493 e. The summed E-state index contributed by atoms with van der Waals surface area (Å²) in [5, 5.41) is 4.52. The van der Waals surface area contributed by atoms with E-state index in [1.165, 1.54) is 0 Å². The van der Waals surface area contributed by atoms with Crippen molar-refractivity contribution < 1.29 is 23.4 Å². The van der Waals surface area contributed by atoms with Crippen LogP contribution in [-0.4, -0.2) is 33.0 Å². The minimum Gasteiger partial charge on any atom is -0.493 e. The summed E-state index contributed by atoms with van der Waals surface area (Å²) >= 11 is 6.11. The normalized spacial score (nSPS) is 10.8. The van der Waals surface area contributed by atoms with E-state index in [0.717, 1.165) is 5.56 Å². The zero-order chi connectivity index (χ0) is 22.2. The molecule has 0 atom stereocenters. The van der Waals surface area contributed by atoms with Gasteiger partial charge in [0, 0.05) is 5.56 Å². The first-order valence-electron chi connectivity index (χ1n) is 9.59. The molecule has 0 radical (unpaired) electrons. The lowest BCUT2D eigenvalue weighted by molar-refractivity contribution is 0.0526. The van der Waals surface area contributed by atoms with Crippen molar-refractivity contribution in [3.63, 3.8) is 0 Å². The smallest absolute Gasteiger partial charge is 0.339 e. The van der Waals surface area contributed by atoms with Gasteiger partial charge in [0.2, 0.25) is 0 Å². The molecule has 0 spiro atoms. The standard InChI is InChI=1S/C23H23ClN2O5/c1-4-30-23(27)18-12-16(6-8-19(18)24)20-10-7-17(31-20)14-26-25-13-15-5-9-21(28-2)22(11-15)29-3/h5-12,14,25H,4,13H2,1-3H3/b26-14-. The van der Waals surface area contributed by atoms with Crippen LogP contribution in [0.3, 0.4) is 0 Å². The molecule has 3 aromatic rings. The fourth-order valence-corrected chi connectivity index (χ4v) is 3.05. The maximum Gasteiger partial charge on any atom is 0.339 e. The van der Waals surface area contributed by atoms with Gasteiger partial charge in [-0.3, -0.25) is 0 Å². The first-order chi connectivity index (χ1) is 15.0. The minimum absolute atomic E-state index is 0.275. The van der Waals surface area contributed by atoms with Crippen LogP contribution in [0.15, 0.2) is 58.0 Å². The van der Waals surface area contributed by atoms with E-state index in [4.69, 9.17) is 30.2 Å². The molecule has 1 heterocycles. The number of halogens is 1. The van der Waals surface area contributed by atoms with Crippen LogP contribution >= 0.6 is 11.6 Å². The van der Waals surface area contributed by atoms with E-state index in [0.29, 0.717) is 45.7 Å². The Morgan fingerprint density at radius 2 is 1.90 bits per heavy atom. The van der Waals surface area contributed by atoms with E-state index >= 15 is 0 Å². The Labute approximate surface area is 185 Å². The van der Waals surface area contributed by atoms with Crippen LogP contribution in [0.4, 0.5) is 0 Å². The average molecular weight is 443 g/mol. The van der Waals surface area contributed by atoms with Crippen molar-refractivity contribution in [2.75, 3.05) is 20.8 Å². The van der Waals surface area contributed by atoms with Crippen LogP contribution < -0.4 is 14.9 Å². The second-order valence-corrected chi connectivity index (χ2v) is 6.81. The minimum atomic E-state index is -0.470. The van der Waals surface area contributed by atoms with Crippen LogP contribution in [0.1, 0.15) is 28.6 Å². The summed E-state index contributed by atoms with van der Waals surface area (Å²) in [7, 11) is 3.19. The third-order valence-electron chi connectivity index (χ3n) is 4.39. The van der Waals surface area contributed by atoms with Crippen LogP contribution in [0.2, 0.25) is 5.02 Å². The Kier molecular flexibility index (Phi) is 7.56. The number of furan rings is 1. The maximum absolute atomic E-state index is 12.0. The van der Waals surface area contributed by atoms with E-state index in [1.54, 1.807) is 57.7 Å². The molecule has 0 bridgehead atoms. The Morgan fingerprint density at radius 1 is 1.10 bits per heavy atom. The van der Waals surface area contributed by atoms with E-state index in [9.17, 15) is 4.79 Å².